The van der Waals surface area contributed by atoms with Gasteiger partial charge in [-0.2, -0.15) is 13.8 Å². The maximum atomic E-state index is 18.1. The van der Waals surface area contributed by atoms with Crippen LogP contribution in [0.3, 0.4) is 0 Å². The smallest absolute Gasteiger partial charge is 0.351 e. The van der Waals surface area contributed by atoms with Crippen LogP contribution in [0.15, 0.2) is 187 Å². The molecule has 1 aromatic heterocycles. The van der Waals surface area contributed by atoms with Gasteiger partial charge in [-0.1, -0.05) is 165 Å². The van der Waals surface area contributed by atoms with Crippen LogP contribution in [-0.4, -0.2) is 60.9 Å². The van der Waals surface area contributed by atoms with Crippen LogP contribution in [0.1, 0.15) is 59.4 Å². The zero-order valence-corrected chi connectivity index (χ0v) is 39.4. The summed E-state index contributed by atoms with van der Waals surface area (Å²) in [5.74, 6) is -3.16. The number of unbranched alkanes of at least 4 members (excludes halogenated alkanes) is 1. The van der Waals surface area contributed by atoms with E-state index in [-0.39, 0.29) is 5.82 Å². The van der Waals surface area contributed by atoms with Crippen LogP contribution in [-0.2, 0) is 20.0 Å². The molecule has 0 radical (unpaired) electrons. The molecule has 9 nitrogen and oxygen atoms in total. The maximum Gasteiger partial charge on any atom is 0.351 e. The Morgan fingerprint density at radius 2 is 1.06 bits per heavy atom. The highest BCUT2D eigenvalue weighted by Gasteiger charge is 2.78. The number of halogens is 2. The van der Waals surface area contributed by atoms with E-state index >= 15 is 8.78 Å². The Balaban J connectivity index is 1.73. The Kier molecular flexibility index (Phi) is 13.4. The summed E-state index contributed by atoms with van der Waals surface area (Å²) in [6, 6.07) is 55.9. The molecule has 0 unspecified atom stereocenters. The molecule has 0 bridgehead atoms. The van der Waals surface area contributed by atoms with Crippen molar-refractivity contribution < 1.29 is 32.5 Å². The number of anilines is 1. The second-order valence-electron chi connectivity index (χ2n) is 17.7. The predicted molar refractivity (Wildman–Crippen MR) is 260 cm³/mol. The van der Waals surface area contributed by atoms with Gasteiger partial charge in [-0.05, 0) is 82.9 Å². The molecule has 12 heteroatoms. The minimum atomic E-state index is -4.13. The third kappa shape index (κ3) is 7.95. The number of aliphatic hydroxyl groups excluding tert-OH is 1. The van der Waals surface area contributed by atoms with Crippen molar-refractivity contribution in [3.63, 3.8) is 0 Å². The molecule has 0 amide bonds. The van der Waals surface area contributed by atoms with Crippen LogP contribution in [0.25, 0.3) is 0 Å². The number of aromatic nitrogens is 2. The van der Waals surface area contributed by atoms with Gasteiger partial charge in [0.2, 0.25) is 6.23 Å². The summed E-state index contributed by atoms with van der Waals surface area (Å²) < 4.78 is 64.1. The first-order valence-corrected chi connectivity index (χ1v) is 25.7. The SMILES string of the molecule is CCCC[Si](C)(C)OC([C@H]1O[C@@H](n2ccc(N)nc2=O)C(F)(F)[C@@H]1O)(C(c1ccccc1)(c1ccccc1)c1ccc(OC)cc1)C(c1ccccc1)(c1ccccc1)c1ccc(OC)cc1. The van der Waals surface area contributed by atoms with Crippen molar-refractivity contribution in [2.75, 3.05) is 20.0 Å². The van der Waals surface area contributed by atoms with E-state index in [2.05, 4.69) is 25.0 Å². The van der Waals surface area contributed by atoms with Crippen LogP contribution in [0.5, 0.6) is 11.5 Å². The van der Waals surface area contributed by atoms with E-state index in [1.807, 2.05) is 170 Å². The molecular weight excluding hydrogens is 865 g/mol. The summed E-state index contributed by atoms with van der Waals surface area (Å²) in [7, 11) is -0.0828. The van der Waals surface area contributed by atoms with Gasteiger partial charge in [0, 0.05) is 6.20 Å². The summed E-state index contributed by atoms with van der Waals surface area (Å²) in [5, 5.41) is 13.2. The van der Waals surface area contributed by atoms with E-state index in [1.165, 1.54) is 6.07 Å². The van der Waals surface area contributed by atoms with E-state index < -0.39 is 54.8 Å². The van der Waals surface area contributed by atoms with Gasteiger partial charge in [0.15, 0.2) is 14.4 Å². The lowest BCUT2D eigenvalue weighted by molar-refractivity contribution is -0.174. The topological polar surface area (TPSA) is 118 Å². The maximum absolute atomic E-state index is 18.1. The number of benzene rings is 6. The minimum Gasteiger partial charge on any atom is -0.497 e. The van der Waals surface area contributed by atoms with Crippen molar-refractivity contribution in [3.05, 3.63) is 226 Å². The Labute approximate surface area is 391 Å². The average molecular weight is 922 g/mol. The molecule has 1 saturated heterocycles. The molecule has 1 aliphatic rings. The normalized spacial score (nSPS) is 17.5. The molecule has 3 atom stereocenters. The number of nitrogen functional groups attached to an aromatic ring is 1. The van der Waals surface area contributed by atoms with E-state index in [9.17, 15) is 9.90 Å². The minimum absolute atomic E-state index is 0.153. The van der Waals surface area contributed by atoms with Gasteiger partial charge in [-0.25, -0.2) is 4.79 Å². The average Bonchev–Trinajstić information content (AvgIpc) is 3.59. The van der Waals surface area contributed by atoms with Gasteiger partial charge in [0.25, 0.3) is 0 Å². The largest absolute Gasteiger partial charge is 0.497 e. The lowest BCUT2D eigenvalue weighted by Crippen LogP contribution is -2.76. The Morgan fingerprint density at radius 1 is 0.672 bits per heavy atom. The molecule has 67 heavy (non-hydrogen) atoms. The first-order valence-electron chi connectivity index (χ1n) is 22.6. The van der Waals surface area contributed by atoms with Crippen molar-refractivity contribution >= 4 is 14.1 Å². The lowest BCUT2D eigenvalue weighted by Gasteiger charge is -2.65. The summed E-state index contributed by atoms with van der Waals surface area (Å²) in [4.78, 5) is 17.6. The molecule has 3 N–H and O–H groups in total. The highest BCUT2D eigenvalue weighted by molar-refractivity contribution is 6.71. The van der Waals surface area contributed by atoms with Gasteiger partial charge in [0.1, 0.15) is 29.0 Å². The molecule has 2 heterocycles. The number of rotatable bonds is 17. The van der Waals surface area contributed by atoms with E-state index in [4.69, 9.17) is 24.4 Å². The first-order chi connectivity index (χ1) is 32.3. The van der Waals surface area contributed by atoms with Gasteiger partial charge >= 0.3 is 11.6 Å². The van der Waals surface area contributed by atoms with Crippen LogP contribution in [0.4, 0.5) is 14.6 Å². The fraction of sp³-hybridized carbons (Fsp3) is 0.273. The fourth-order valence-electron chi connectivity index (χ4n) is 10.6. The molecule has 0 saturated carbocycles. The number of ether oxygens (including phenoxy) is 3. The van der Waals surface area contributed by atoms with Crippen LogP contribution < -0.4 is 20.9 Å². The first kappa shape index (κ1) is 47.1. The molecule has 1 fully saturated rings. The molecular formula is C55H57F2N3O6Si. The quantitative estimate of drug-likeness (QED) is 0.0685. The zero-order chi connectivity index (χ0) is 47.5. The Hall–Kier alpha value is -6.44. The number of alkyl halides is 2. The van der Waals surface area contributed by atoms with Crippen molar-refractivity contribution in [2.24, 2.45) is 0 Å². The van der Waals surface area contributed by atoms with Crippen molar-refractivity contribution in [1.29, 1.82) is 0 Å². The van der Waals surface area contributed by atoms with Gasteiger partial charge in [-0.3, -0.25) is 4.57 Å². The highest BCUT2D eigenvalue weighted by atomic mass is 28.4. The summed E-state index contributed by atoms with van der Waals surface area (Å²) >= 11 is 0. The van der Waals surface area contributed by atoms with E-state index in [0.29, 0.717) is 55.5 Å². The molecule has 1 aliphatic heterocycles. The predicted octanol–water partition coefficient (Wildman–Crippen LogP) is 10.6. The number of hydrogen-bond acceptors (Lipinski definition) is 8. The third-order valence-corrected chi connectivity index (χ3v) is 15.8. The van der Waals surface area contributed by atoms with Crippen molar-refractivity contribution in [1.82, 2.24) is 9.55 Å². The molecule has 0 aliphatic carbocycles. The summed E-state index contributed by atoms with van der Waals surface area (Å²) in [6.45, 7) is 6.31. The number of hydrogen-bond donors (Lipinski definition) is 2. The number of methoxy groups -OCH3 is 2. The molecule has 0 spiro atoms. The van der Waals surface area contributed by atoms with Gasteiger partial charge in [0.05, 0.1) is 25.0 Å². The van der Waals surface area contributed by atoms with Crippen molar-refractivity contribution in [3.8, 4) is 11.5 Å². The van der Waals surface area contributed by atoms with E-state index in [0.717, 1.165) is 19.0 Å². The zero-order valence-electron chi connectivity index (χ0n) is 38.4. The second-order valence-corrected chi connectivity index (χ2v) is 21.9. The number of nitrogens with zero attached hydrogens (tertiary/aromatic N) is 2. The second kappa shape index (κ2) is 19.0. The van der Waals surface area contributed by atoms with E-state index in [1.54, 1.807) is 14.2 Å². The van der Waals surface area contributed by atoms with Crippen LogP contribution in [0, 0.1) is 0 Å². The number of aliphatic hydroxyl groups is 1. The lowest BCUT2D eigenvalue weighted by atomic mass is 9.44. The van der Waals surface area contributed by atoms with Crippen molar-refractivity contribution in [2.45, 2.75) is 79.7 Å². The third-order valence-electron chi connectivity index (χ3n) is 13.3. The fourth-order valence-corrected chi connectivity index (χ4v) is 13.2. The number of nitrogens with two attached hydrogens (primary N) is 1. The molecule has 6 aromatic carbocycles. The van der Waals surface area contributed by atoms with Crippen LogP contribution >= 0.6 is 0 Å². The van der Waals surface area contributed by atoms with Gasteiger partial charge in [-0.15, -0.1) is 0 Å². The standard InChI is InChI=1S/C55H57F2N3O6Si/c1-6-7-38-67(4,5)66-55(49-48(61)54(56,57)50(65-49)60-37-36-47(58)59-51(60)62,52(39-20-12-8-13-21-39,40-22-14-9-15-23-40)43-28-32-45(63-2)33-29-43)53(41-24-16-10-17-25-41,42-26-18-11-19-27-42)44-30-34-46(64-3)35-31-44/h8-37,48-50,61H,6-7,38H2,1-5H3,(H2,58,59,62)/t48-,49+,50-/m1/s1. The molecule has 346 valence electrons. The summed E-state index contributed by atoms with van der Waals surface area (Å²) in [6.07, 6.45) is -4.20. The monoisotopic (exact) mass is 921 g/mol. The Bertz CT molecular complexity index is 2570. The molecule has 8 rings (SSSR count). The highest BCUT2D eigenvalue weighted by Crippen LogP contribution is 2.67. The van der Waals surface area contributed by atoms with Gasteiger partial charge < -0.3 is 29.5 Å². The van der Waals surface area contributed by atoms with Crippen LogP contribution in [0.2, 0.25) is 19.1 Å². The molecule has 7 aromatic rings. The Morgan fingerprint density at radius 3 is 1.42 bits per heavy atom. The summed E-state index contributed by atoms with van der Waals surface area (Å²) in [5.41, 5.74) is 3.14.